The summed E-state index contributed by atoms with van der Waals surface area (Å²) in [4.78, 5) is 13.0. The minimum absolute atomic E-state index is 0.131. The molecule has 0 spiro atoms. The number of ketones is 1. The zero-order valence-corrected chi connectivity index (χ0v) is 12.2. The minimum Gasteiger partial charge on any atom is -0.294 e. The van der Waals surface area contributed by atoms with E-state index in [9.17, 15) is 4.79 Å². The van der Waals surface area contributed by atoms with E-state index in [1.807, 2.05) is 12.1 Å². The first-order chi connectivity index (χ1) is 8.19. The monoisotopic (exact) mass is 290 g/mol. The van der Waals surface area contributed by atoms with E-state index < -0.39 is 0 Å². The Balaban J connectivity index is 2.85. The van der Waals surface area contributed by atoms with Crippen molar-refractivity contribution in [2.45, 2.75) is 31.1 Å². The van der Waals surface area contributed by atoms with Crippen molar-refractivity contribution in [3.05, 3.63) is 28.8 Å². The Labute approximate surface area is 117 Å². The summed E-state index contributed by atoms with van der Waals surface area (Å²) in [5.74, 6) is 1.66. The Morgan fingerprint density at radius 3 is 2.82 bits per heavy atom. The summed E-state index contributed by atoms with van der Waals surface area (Å²) >= 11 is 13.3. The Morgan fingerprint density at radius 1 is 1.41 bits per heavy atom. The van der Waals surface area contributed by atoms with Crippen molar-refractivity contribution in [2.24, 2.45) is 0 Å². The first-order valence-electron chi connectivity index (χ1n) is 5.70. The van der Waals surface area contributed by atoms with Crippen molar-refractivity contribution in [3.8, 4) is 0 Å². The van der Waals surface area contributed by atoms with Gasteiger partial charge in [0, 0.05) is 27.8 Å². The van der Waals surface area contributed by atoms with Gasteiger partial charge in [0.05, 0.1) is 0 Å². The predicted molar refractivity (Wildman–Crippen MR) is 76.8 cm³/mol. The van der Waals surface area contributed by atoms with Crippen LogP contribution >= 0.6 is 35.0 Å². The van der Waals surface area contributed by atoms with Crippen molar-refractivity contribution in [1.82, 2.24) is 0 Å². The number of Topliss-reactive ketones (excluding diaryl/α,β-unsaturated/α-hetero) is 1. The molecule has 0 radical (unpaired) electrons. The lowest BCUT2D eigenvalue weighted by molar-refractivity contribution is 0.0979. The second kappa shape index (κ2) is 8.02. The molecule has 0 aliphatic carbocycles. The maximum absolute atomic E-state index is 12.0. The van der Waals surface area contributed by atoms with Crippen LogP contribution in [0.3, 0.4) is 0 Å². The molecule has 0 bridgehead atoms. The van der Waals surface area contributed by atoms with Crippen LogP contribution in [0.5, 0.6) is 0 Å². The molecule has 1 aromatic carbocycles. The summed E-state index contributed by atoms with van der Waals surface area (Å²) in [6, 6.07) is 5.52. The van der Waals surface area contributed by atoms with Gasteiger partial charge in [0.15, 0.2) is 5.78 Å². The van der Waals surface area contributed by atoms with E-state index in [1.54, 1.807) is 17.8 Å². The highest BCUT2D eigenvalue weighted by molar-refractivity contribution is 7.99. The molecular formula is C13H16Cl2OS. The highest BCUT2D eigenvalue weighted by Gasteiger charge is 2.12. The van der Waals surface area contributed by atoms with Crippen LogP contribution in [0.2, 0.25) is 5.02 Å². The highest BCUT2D eigenvalue weighted by atomic mass is 35.5. The zero-order valence-electron chi connectivity index (χ0n) is 9.84. The topological polar surface area (TPSA) is 17.1 Å². The number of halogens is 2. The maximum atomic E-state index is 12.0. The Kier molecular flexibility index (Phi) is 7.02. The summed E-state index contributed by atoms with van der Waals surface area (Å²) < 4.78 is 0. The second-order valence-electron chi connectivity index (χ2n) is 3.70. The van der Waals surface area contributed by atoms with E-state index in [0.29, 0.717) is 23.7 Å². The van der Waals surface area contributed by atoms with E-state index in [0.717, 1.165) is 22.6 Å². The average Bonchev–Trinajstić information content (AvgIpc) is 2.34. The molecule has 0 saturated heterocycles. The van der Waals surface area contributed by atoms with Gasteiger partial charge in [-0.25, -0.2) is 0 Å². The number of rotatable bonds is 7. The molecule has 1 rings (SSSR count). The average molecular weight is 291 g/mol. The van der Waals surface area contributed by atoms with Gasteiger partial charge in [0.2, 0.25) is 0 Å². The number of thioether (sulfide) groups is 1. The molecule has 0 aromatic heterocycles. The summed E-state index contributed by atoms with van der Waals surface area (Å²) in [5.41, 5.74) is 0.737. The number of hydrogen-bond acceptors (Lipinski definition) is 2. The fourth-order valence-electron chi connectivity index (χ4n) is 1.42. The minimum atomic E-state index is 0.131. The Bertz CT molecular complexity index is 380. The van der Waals surface area contributed by atoms with Gasteiger partial charge in [0.1, 0.15) is 0 Å². The third kappa shape index (κ3) is 4.90. The normalized spacial score (nSPS) is 10.5. The van der Waals surface area contributed by atoms with E-state index >= 15 is 0 Å². The Morgan fingerprint density at radius 2 is 2.18 bits per heavy atom. The number of benzene rings is 1. The fraction of sp³-hybridized carbons (Fsp3) is 0.462. The van der Waals surface area contributed by atoms with Gasteiger partial charge in [-0.05, 0) is 36.8 Å². The predicted octanol–water partition coefficient (Wildman–Crippen LogP) is 5.04. The van der Waals surface area contributed by atoms with Crippen molar-refractivity contribution in [2.75, 3.05) is 11.6 Å². The van der Waals surface area contributed by atoms with E-state index in [4.69, 9.17) is 23.2 Å². The molecule has 0 atom stereocenters. The van der Waals surface area contributed by atoms with Crippen LogP contribution in [0.1, 0.15) is 36.5 Å². The molecule has 0 heterocycles. The highest BCUT2D eigenvalue weighted by Crippen LogP contribution is 2.27. The van der Waals surface area contributed by atoms with Gasteiger partial charge in [-0.2, -0.15) is 0 Å². The first kappa shape index (κ1) is 14.9. The number of carbonyl (C=O) groups is 1. The largest absolute Gasteiger partial charge is 0.294 e. The van der Waals surface area contributed by atoms with Crippen LogP contribution in [0.25, 0.3) is 0 Å². The van der Waals surface area contributed by atoms with E-state index in [2.05, 4.69) is 6.92 Å². The quantitative estimate of drug-likeness (QED) is 0.397. The molecule has 0 unspecified atom stereocenters. The van der Waals surface area contributed by atoms with Crippen LogP contribution in [0.15, 0.2) is 23.1 Å². The number of hydrogen-bond donors (Lipinski definition) is 0. The molecule has 4 heteroatoms. The summed E-state index contributed by atoms with van der Waals surface area (Å²) in [5, 5.41) is 0.611. The van der Waals surface area contributed by atoms with Crippen LogP contribution in [-0.4, -0.2) is 17.4 Å². The van der Waals surface area contributed by atoms with E-state index in [-0.39, 0.29) is 5.78 Å². The lowest BCUT2D eigenvalue weighted by atomic mass is 10.1. The van der Waals surface area contributed by atoms with Crippen molar-refractivity contribution >= 4 is 40.7 Å². The van der Waals surface area contributed by atoms with Crippen LogP contribution < -0.4 is 0 Å². The molecule has 94 valence electrons. The summed E-state index contributed by atoms with van der Waals surface area (Å²) in [6.07, 6.45) is 2.29. The third-order valence-electron chi connectivity index (χ3n) is 2.24. The molecule has 0 aliphatic rings. The molecule has 0 amide bonds. The van der Waals surface area contributed by atoms with Gasteiger partial charge < -0.3 is 0 Å². The van der Waals surface area contributed by atoms with Gasteiger partial charge in [-0.15, -0.1) is 23.4 Å². The second-order valence-corrected chi connectivity index (χ2v) is 5.66. The zero-order chi connectivity index (χ0) is 12.7. The number of alkyl halides is 1. The van der Waals surface area contributed by atoms with Gasteiger partial charge in [0.25, 0.3) is 0 Å². The van der Waals surface area contributed by atoms with Gasteiger partial charge >= 0.3 is 0 Å². The lowest BCUT2D eigenvalue weighted by Gasteiger charge is -2.08. The number of carbonyl (C=O) groups excluding carboxylic acids is 1. The molecule has 17 heavy (non-hydrogen) atoms. The van der Waals surface area contributed by atoms with Crippen LogP contribution in [-0.2, 0) is 0 Å². The smallest absolute Gasteiger partial charge is 0.164 e. The molecule has 0 fully saturated rings. The van der Waals surface area contributed by atoms with Crippen molar-refractivity contribution in [1.29, 1.82) is 0 Å². The molecule has 1 aromatic rings. The van der Waals surface area contributed by atoms with Crippen LogP contribution in [0.4, 0.5) is 0 Å². The molecule has 0 aliphatic heterocycles. The molecule has 0 N–H and O–H groups in total. The third-order valence-corrected chi connectivity index (χ3v) is 4.02. The fourth-order valence-corrected chi connectivity index (χ4v) is 2.64. The SMILES string of the molecule is CCCSc1ccc(Cl)cc1C(=O)CCCCl. The van der Waals surface area contributed by atoms with Gasteiger partial charge in [-0.3, -0.25) is 4.79 Å². The van der Waals surface area contributed by atoms with Crippen molar-refractivity contribution in [3.63, 3.8) is 0 Å². The molecule has 0 saturated carbocycles. The first-order valence-corrected chi connectivity index (χ1v) is 7.60. The molecule has 1 nitrogen and oxygen atoms in total. The summed E-state index contributed by atoms with van der Waals surface area (Å²) in [7, 11) is 0. The van der Waals surface area contributed by atoms with E-state index in [1.165, 1.54) is 0 Å². The Hall–Kier alpha value is -0.180. The standard InChI is InChI=1S/C13H16Cl2OS/c1-2-8-17-13-6-5-10(15)9-11(13)12(16)4-3-7-14/h5-6,9H,2-4,7-8H2,1H3. The summed E-state index contributed by atoms with van der Waals surface area (Å²) in [6.45, 7) is 2.12. The van der Waals surface area contributed by atoms with Crippen LogP contribution in [0, 0.1) is 0 Å². The van der Waals surface area contributed by atoms with Crippen molar-refractivity contribution < 1.29 is 4.79 Å². The molecular weight excluding hydrogens is 275 g/mol. The maximum Gasteiger partial charge on any atom is 0.164 e. The lowest BCUT2D eigenvalue weighted by Crippen LogP contribution is -2.01. The van der Waals surface area contributed by atoms with Gasteiger partial charge in [-0.1, -0.05) is 18.5 Å².